The Kier molecular flexibility index (Phi) is 4.18. The molecule has 0 amide bonds. The number of benzene rings is 1. The summed E-state index contributed by atoms with van der Waals surface area (Å²) in [6.07, 6.45) is 8.01. The molecule has 2 N–H and O–H groups in total. The van der Waals surface area contributed by atoms with Crippen LogP contribution < -0.4 is 5.73 Å². The van der Waals surface area contributed by atoms with Crippen molar-refractivity contribution < 1.29 is 0 Å². The zero-order chi connectivity index (χ0) is 14.7. The van der Waals surface area contributed by atoms with Gasteiger partial charge in [-0.1, -0.05) is 37.3 Å². The maximum absolute atomic E-state index is 6.07. The first-order chi connectivity index (χ1) is 10.2. The topological polar surface area (TPSA) is 69.6 Å². The first kappa shape index (κ1) is 14.0. The van der Waals surface area contributed by atoms with E-state index < -0.39 is 0 Å². The van der Waals surface area contributed by atoms with Crippen LogP contribution in [0.5, 0.6) is 0 Å². The second kappa shape index (κ2) is 6.24. The van der Waals surface area contributed by atoms with Gasteiger partial charge in [0.25, 0.3) is 0 Å². The number of nitrogens with zero attached hydrogens (tertiary/aromatic N) is 4. The Bertz CT molecular complexity index is 598. The molecule has 1 aliphatic carbocycles. The van der Waals surface area contributed by atoms with Crippen LogP contribution in [0, 0.1) is 12.8 Å². The summed E-state index contributed by atoms with van der Waals surface area (Å²) in [5, 5.41) is 12.1. The van der Waals surface area contributed by atoms with E-state index in [1.807, 2.05) is 16.8 Å². The van der Waals surface area contributed by atoms with Crippen LogP contribution in [0.4, 0.5) is 5.69 Å². The minimum Gasteiger partial charge on any atom is -0.398 e. The summed E-state index contributed by atoms with van der Waals surface area (Å²) in [6, 6.07) is 5.98. The number of anilines is 1. The molecule has 2 aromatic rings. The molecule has 1 aliphatic rings. The van der Waals surface area contributed by atoms with Gasteiger partial charge in [-0.2, -0.15) is 0 Å². The number of nitrogen functional groups attached to an aromatic ring is 1. The summed E-state index contributed by atoms with van der Waals surface area (Å²) in [6.45, 7) is 2.92. The fraction of sp³-hybridized carbons (Fsp3) is 0.562. The largest absolute Gasteiger partial charge is 0.398 e. The van der Waals surface area contributed by atoms with Crippen LogP contribution in [0.1, 0.15) is 44.1 Å². The summed E-state index contributed by atoms with van der Waals surface area (Å²) in [5.74, 6) is 1.69. The number of aryl methyl sites for hydroxylation is 2. The summed E-state index contributed by atoms with van der Waals surface area (Å²) < 4.78 is 1.89. The molecule has 1 heterocycles. The van der Waals surface area contributed by atoms with E-state index in [1.54, 1.807) is 0 Å². The van der Waals surface area contributed by atoms with Crippen molar-refractivity contribution in [2.75, 3.05) is 5.73 Å². The van der Waals surface area contributed by atoms with Crippen molar-refractivity contribution in [3.05, 3.63) is 23.8 Å². The molecule has 1 aromatic carbocycles. The predicted octanol–water partition coefficient (Wildman–Crippen LogP) is 3.20. The van der Waals surface area contributed by atoms with Crippen LogP contribution in [0.3, 0.4) is 0 Å². The van der Waals surface area contributed by atoms with Gasteiger partial charge in [-0.3, -0.25) is 0 Å². The average molecular weight is 285 g/mol. The molecule has 0 radical (unpaired) electrons. The molecular weight excluding hydrogens is 262 g/mol. The molecule has 5 nitrogen and oxygen atoms in total. The Hall–Kier alpha value is -1.91. The van der Waals surface area contributed by atoms with Gasteiger partial charge in [0.05, 0.1) is 0 Å². The van der Waals surface area contributed by atoms with E-state index in [2.05, 4.69) is 28.5 Å². The lowest BCUT2D eigenvalue weighted by Gasteiger charge is -2.10. The summed E-state index contributed by atoms with van der Waals surface area (Å²) in [4.78, 5) is 0. The normalized spacial score (nSPS) is 15.7. The zero-order valence-corrected chi connectivity index (χ0v) is 12.6. The van der Waals surface area contributed by atoms with Crippen LogP contribution in [-0.2, 0) is 6.54 Å². The van der Waals surface area contributed by atoms with Crippen molar-refractivity contribution in [3.8, 4) is 11.4 Å². The monoisotopic (exact) mass is 285 g/mol. The third-order valence-electron chi connectivity index (χ3n) is 4.44. The molecule has 3 rings (SSSR count). The number of aromatic nitrogens is 4. The van der Waals surface area contributed by atoms with E-state index >= 15 is 0 Å². The molecule has 0 spiro atoms. The van der Waals surface area contributed by atoms with Gasteiger partial charge in [-0.15, -0.1) is 5.10 Å². The highest BCUT2D eigenvalue weighted by atomic mass is 15.5. The van der Waals surface area contributed by atoms with E-state index in [9.17, 15) is 0 Å². The fourth-order valence-electron chi connectivity index (χ4n) is 3.24. The lowest BCUT2D eigenvalue weighted by atomic mass is 10.0. The standard InChI is InChI=1S/C16H23N5/c1-12-8-9-15(17)14(11-12)16-18-19-20-21(16)10-4-7-13-5-2-3-6-13/h8-9,11,13H,2-7,10,17H2,1H3. The van der Waals surface area contributed by atoms with Gasteiger partial charge in [0.1, 0.15) is 0 Å². The molecule has 21 heavy (non-hydrogen) atoms. The second-order valence-corrected chi connectivity index (χ2v) is 6.11. The van der Waals surface area contributed by atoms with Crippen molar-refractivity contribution in [1.29, 1.82) is 0 Å². The maximum atomic E-state index is 6.07. The van der Waals surface area contributed by atoms with Gasteiger partial charge < -0.3 is 5.73 Å². The number of tetrazole rings is 1. The molecule has 0 unspecified atom stereocenters. The van der Waals surface area contributed by atoms with E-state index in [4.69, 9.17) is 5.73 Å². The van der Waals surface area contributed by atoms with E-state index in [1.165, 1.54) is 37.7 Å². The Balaban J connectivity index is 1.69. The first-order valence-corrected chi connectivity index (χ1v) is 7.86. The summed E-state index contributed by atoms with van der Waals surface area (Å²) >= 11 is 0. The van der Waals surface area contributed by atoms with Crippen LogP contribution in [0.15, 0.2) is 18.2 Å². The molecule has 0 saturated heterocycles. The lowest BCUT2D eigenvalue weighted by Crippen LogP contribution is -2.06. The number of hydrogen-bond donors (Lipinski definition) is 1. The highest BCUT2D eigenvalue weighted by Gasteiger charge is 2.16. The minimum absolute atomic E-state index is 0.729. The first-order valence-electron chi connectivity index (χ1n) is 7.86. The zero-order valence-electron chi connectivity index (χ0n) is 12.6. The highest BCUT2D eigenvalue weighted by molar-refractivity contribution is 5.71. The van der Waals surface area contributed by atoms with E-state index in [0.29, 0.717) is 0 Å². The van der Waals surface area contributed by atoms with Gasteiger partial charge in [-0.25, -0.2) is 4.68 Å². The molecule has 1 aromatic heterocycles. The third kappa shape index (κ3) is 3.23. The molecular formula is C16H23N5. The maximum Gasteiger partial charge on any atom is 0.184 e. The van der Waals surface area contributed by atoms with Crippen LogP contribution >= 0.6 is 0 Å². The predicted molar refractivity (Wildman–Crippen MR) is 83.6 cm³/mol. The smallest absolute Gasteiger partial charge is 0.184 e. The minimum atomic E-state index is 0.729. The van der Waals surface area contributed by atoms with Crippen molar-refractivity contribution in [1.82, 2.24) is 20.2 Å². The summed E-state index contributed by atoms with van der Waals surface area (Å²) in [7, 11) is 0. The number of hydrogen-bond acceptors (Lipinski definition) is 4. The van der Waals surface area contributed by atoms with Gasteiger partial charge in [0.2, 0.25) is 0 Å². The van der Waals surface area contributed by atoms with Crippen molar-refractivity contribution >= 4 is 5.69 Å². The Labute approximate surface area is 125 Å². The third-order valence-corrected chi connectivity index (χ3v) is 4.44. The molecule has 112 valence electrons. The van der Waals surface area contributed by atoms with Crippen LogP contribution in [0.25, 0.3) is 11.4 Å². The van der Waals surface area contributed by atoms with Gasteiger partial charge in [0, 0.05) is 17.8 Å². The van der Waals surface area contributed by atoms with Gasteiger partial charge in [-0.05, 0) is 48.2 Å². The second-order valence-electron chi connectivity index (χ2n) is 6.11. The van der Waals surface area contributed by atoms with Gasteiger partial charge >= 0.3 is 0 Å². The molecule has 1 fully saturated rings. The molecule has 0 atom stereocenters. The number of rotatable bonds is 5. The number of nitrogens with two attached hydrogens (primary N) is 1. The van der Waals surface area contributed by atoms with Crippen LogP contribution in [0.2, 0.25) is 0 Å². The van der Waals surface area contributed by atoms with Crippen molar-refractivity contribution in [2.24, 2.45) is 5.92 Å². The van der Waals surface area contributed by atoms with Crippen molar-refractivity contribution in [2.45, 2.75) is 52.0 Å². The van der Waals surface area contributed by atoms with E-state index in [-0.39, 0.29) is 0 Å². The lowest BCUT2D eigenvalue weighted by molar-refractivity contribution is 0.444. The summed E-state index contributed by atoms with van der Waals surface area (Å²) in [5.41, 5.74) is 8.90. The fourth-order valence-corrected chi connectivity index (χ4v) is 3.24. The molecule has 0 bridgehead atoms. The van der Waals surface area contributed by atoms with Crippen molar-refractivity contribution in [3.63, 3.8) is 0 Å². The van der Waals surface area contributed by atoms with E-state index in [0.717, 1.165) is 36.0 Å². The molecule has 1 saturated carbocycles. The Morgan fingerprint density at radius 1 is 1.29 bits per heavy atom. The van der Waals surface area contributed by atoms with Crippen LogP contribution in [-0.4, -0.2) is 20.2 Å². The SMILES string of the molecule is Cc1ccc(N)c(-c2nnnn2CCCC2CCCC2)c1. The highest BCUT2D eigenvalue weighted by Crippen LogP contribution is 2.29. The quantitative estimate of drug-likeness (QED) is 0.856. The molecule has 0 aliphatic heterocycles. The Morgan fingerprint density at radius 3 is 2.90 bits per heavy atom. The molecule has 5 heteroatoms. The van der Waals surface area contributed by atoms with Gasteiger partial charge in [0.15, 0.2) is 5.82 Å². The Morgan fingerprint density at radius 2 is 2.10 bits per heavy atom. The average Bonchev–Trinajstić information content (AvgIpc) is 3.13.